The summed E-state index contributed by atoms with van der Waals surface area (Å²) < 4.78 is 71.0. The van der Waals surface area contributed by atoms with Gasteiger partial charge in [-0.3, -0.25) is 4.79 Å². The summed E-state index contributed by atoms with van der Waals surface area (Å²) in [6.45, 7) is 10.1. The molecule has 79 heavy (non-hydrogen) atoms. The number of piperidine rings is 1. The van der Waals surface area contributed by atoms with Crippen molar-refractivity contribution < 1.29 is 27.1 Å². The normalized spacial score (nSPS) is 19.5. The van der Waals surface area contributed by atoms with E-state index in [9.17, 15) is 9.18 Å². The third-order valence-electron chi connectivity index (χ3n) is 18.0. The van der Waals surface area contributed by atoms with E-state index in [2.05, 4.69) is 47.5 Å². The van der Waals surface area contributed by atoms with Crippen LogP contribution in [0.4, 0.5) is 28.9 Å². The van der Waals surface area contributed by atoms with Crippen LogP contribution >= 0.6 is 0 Å². The van der Waals surface area contributed by atoms with Gasteiger partial charge < -0.3 is 15.0 Å². The van der Waals surface area contributed by atoms with Gasteiger partial charge in [0.1, 0.15) is 11.6 Å². The summed E-state index contributed by atoms with van der Waals surface area (Å²) in [6, 6.07) is 49.7. The number of halogens is 4. The van der Waals surface area contributed by atoms with Crippen LogP contribution < -0.4 is 15.0 Å². The Morgan fingerprint density at radius 2 is 1.34 bits per heavy atom. The van der Waals surface area contributed by atoms with Crippen LogP contribution in [0.1, 0.15) is 147 Å². The number of unbranched alkanes of at least 4 members (excludes halogenated alkanes) is 2. The van der Waals surface area contributed by atoms with Crippen molar-refractivity contribution in [3.8, 4) is 39.1 Å². The molecule has 8 heteroatoms. The van der Waals surface area contributed by atoms with Gasteiger partial charge in [0.15, 0.2) is 5.60 Å². The number of nitrogens with zero attached hydrogens (tertiary/aromatic N) is 1. The molecule has 1 N–H and O–H groups in total. The van der Waals surface area contributed by atoms with E-state index in [-0.39, 0.29) is 17.2 Å². The monoisotopic (exact) mass is 1060 g/mol. The predicted octanol–water partition coefficient (Wildman–Crippen LogP) is 19.3. The minimum Gasteiger partial charge on any atom is -0.472 e. The Balaban J connectivity index is 0.867. The number of ether oxygens (including phenoxy) is 1. The number of hydrogen-bond acceptors (Lipinski definition) is 3. The third kappa shape index (κ3) is 9.73. The van der Waals surface area contributed by atoms with Crippen molar-refractivity contribution >= 4 is 33.6 Å². The number of fused-ring (bicyclic) bond motifs is 8. The van der Waals surface area contributed by atoms with E-state index in [4.69, 9.17) is 4.74 Å². The van der Waals surface area contributed by atoms with Crippen molar-refractivity contribution in [1.82, 2.24) is 0 Å². The van der Waals surface area contributed by atoms with Crippen molar-refractivity contribution in [2.24, 2.45) is 5.92 Å². The number of allylic oxidation sites excluding steroid dienone is 1. The van der Waals surface area contributed by atoms with Crippen LogP contribution in [0.25, 0.3) is 49.7 Å². The molecule has 8 aromatic rings. The number of hydrogen-bond donors (Lipinski definition) is 1. The van der Waals surface area contributed by atoms with E-state index in [1.165, 1.54) is 93.7 Å². The summed E-state index contributed by atoms with van der Waals surface area (Å²) in [4.78, 5) is 16.1. The molecule has 2 heterocycles. The molecule has 2 aliphatic carbocycles. The molecule has 1 saturated carbocycles. The molecule has 402 valence electrons. The van der Waals surface area contributed by atoms with Crippen LogP contribution in [0.3, 0.4) is 0 Å². The van der Waals surface area contributed by atoms with E-state index in [0.29, 0.717) is 39.2 Å². The van der Waals surface area contributed by atoms with Gasteiger partial charge in [-0.25, -0.2) is 4.39 Å². The second-order valence-electron chi connectivity index (χ2n) is 23.3. The van der Waals surface area contributed by atoms with Gasteiger partial charge in [0.2, 0.25) is 0 Å². The van der Waals surface area contributed by atoms with Crippen LogP contribution in [0.15, 0.2) is 164 Å². The molecule has 0 aromatic heterocycles. The smallest absolute Gasteiger partial charge is 0.417 e. The Kier molecular flexibility index (Phi) is 13.9. The number of carbonyl (C=O) groups excluding carboxylic acids is 1. The zero-order valence-corrected chi connectivity index (χ0v) is 45.7. The number of rotatable bonds is 12. The first kappa shape index (κ1) is 52.3. The number of alkyl halides is 3. The molecule has 0 spiro atoms. The Labute approximate surface area is 462 Å². The lowest BCUT2D eigenvalue weighted by Crippen LogP contribution is -2.38. The van der Waals surface area contributed by atoms with Gasteiger partial charge in [-0.15, -0.1) is 0 Å². The molecular weight excluding hydrogens is 989 g/mol. The van der Waals surface area contributed by atoms with E-state index in [1.54, 1.807) is 0 Å². The average Bonchev–Trinajstić information content (AvgIpc) is 3.10. The summed E-state index contributed by atoms with van der Waals surface area (Å²) in [5, 5.41) is 4.40. The van der Waals surface area contributed by atoms with Crippen LogP contribution in [0, 0.1) is 18.7 Å². The fraction of sp³-hybridized carbons (Fsp3) is 0.310. The zero-order valence-electron chi connectivity index (χ0n) is 45.7. The van der Waals surface area contributed by atoms with E-state index in [0.717, 1.165) is 87.4 Å². The molecule has 1 saturated heterocycles. The highest BCUT2D eigenvalue weighted by Gasteiger charge is 2.52. The van der Waals surface area contributed by atoms with E-state index in [1.807, 2.05) is 124 Å². The largest absolute Gasteiger partial charge is 0.472 e. The molecule has 4 aliphatic rings. The van der Waals surface area contributed by atoms with Crippen molar-refractivity contribution in [1.29, 1.82) is 0 Å². The zero-order chi connectivity index (χ0) is 54.6. The number of nitrogens with one attached hydrogen (secondary N) is 1. The highest BCUT2D eigenvalue weighted by Crippen LogP contribution is 2.62. The van der Waals surface area contributed by atoms with E-state index < -0.39 is 28.6 Å². The van der Waals surface area contributed by atoms with Gasteiger partial charge in [0, 0.05) is 57.5 Å². The Bertz CT molecular complexity index is 3600. The van der Waals surface area contributed by atoms with Crippen molar-refractivity contribution in [2.45, 2.75) is 121 Å². The van der Waals surface area contributed by atoms with Crippen LogP contribution in [-0.4, -0.2) is 25.2 Å². The highest BCUT2D eigenvalue weighted by atomic mass is 19.4. The molecule has 12 rings (SSSR count). The molecule has 0 radical (unpaired) electrons. The van der Waals surface area contributed by atoms with Gasteiger partial charge in [0.25, 0.3) is 5.91 Å². The van der Waals surface area contributed by atoms with Crippen LogP contribution in [-0.2, 0) is 11.0 Å². The van der Waals surface area contributed by atoms with Crippen molar-refractivity contribution in [3.05, 3.63) is 214 Å². The Morgan fingerprint density at radius 1 is 0.684 bits per heavy atom. The molecule has 0 bridgehead atoms. The molecule has 2 fully saturated rings. The van der Waals surface area contributed by atoms with Crippen LogP contribution in [0.5, 0.6) is 5.75 Å². The molecule has 1 amide bonds. The fourth-order valence-corrected chi connectivity index (χ4v) is 13.7. The van der Waals surface area contributed by atoms with Gasteiger partial charge in [-0.2, -0.15) is 13.2 Å². The summed E-state index contributed by atoms with van der Waals surface area (Å²) in [6.07, 6.45) is 10.3. The summed E-state index contributed by atoms with van der Waals surface area (Å²) in [7, 11) is 0. The minimum absolute atomic E-state index is 0.0203. The average molecular weight is 1060 g/mol. The number of carbonyl (C=O) groups is 1. The molecule has 4 nitrogen and oxygen atoms in total. The highest BCUT2D eigenvalue weighted by molar-refractivity contribution is 6.11. The third-order valence-corrected chi connectivity index (χ3v) is 18.0. The Morgan fingerprint density at radius 3 is 2.01 bits per heavy atom. The SMILES string of the molecule is CCCCCC1CCC(c2ccc(-c3ccc(C(=O)Nc4ccc(-c5ccc6c7c(c8c(c6c5)-c5ccccc5C8(C)C)C(C(F)(F)F)=CC(c5ccc(F)cc5)(c5ccc(N6CCCCC6)cc5)O7)c(C)c4)cc3)cc2)CC1. The second-order valence-corrected chi connectivity index (χ2v) is 23.3. The first-order valence-electron chi connectivity index (χ1n) is 28.7. The van der Waals surface area contributed by atoms with Gasteiger partial charge >= 0.3 is 6.18 Å². The standard InChI is InChI=1S/C71H68F4N2O2/c1-5-6-8-13-46-16-18-47(19-17-46)48-20-22-49(23-21-48)50-24-26-51(27-25-50)68(78)76-56-35-39-58(45(2)42-56)52-28-38-59-61(43-52)64-60-14-9-10-15-62(60)69(3,4)66(64)65-63(71(73,74)75)44-70(79-67(59)65,53-29-33-55(72)34-30-53)54-31-36-57(37-32-54)77-40-11-7-12-41-77/h9-10,14-15,20-39,42-44,46-47H,5-8,11-13,16-19,40-41H2,1-4H3,(H,76,78). The fourth-order valence-electron chi connectivity index (χ4n) is 13.7. The first-order valence-corrected chi connectivity index (χ1v) is 28.7. The predicted molar refractivity (Wildman–Crippen MR) is 315 cm³/mol. The van der Waals surface area contributed by atoms with Gasteiger partial charge in [0.05, 0.1) is 5.57 Å². The van der Waals surface area contributed by atoms with Gasteiger partial charge in [-0.1, -0.05) is 144 Å². The second kappa shape index (κ2) is 21.0. The van der Waals surface area contributed by atoms with E-state index >= 15 is 13.2 Å². The maximum atomic E-state index is 16.3. The Hall–Kier alpha value is -7.45. The maximum Gasteiger partial charge on any atom is 0.417 e. The molecular formula is C71H68F4N2O2. The molecule has 1 atom stereocenters. The summed E-state index contributed by atoms with van der Waals surface area (Å²) in [5.41, 5.74) is 9.05. The molecule has 1 unspecified atom stereocenters. The van der Waals surface area contributed by atoms with Crippen molar-refractivity contribution in [2.75, 3.05) is 23.3 Å². The number of anilines is 2. The topological polar surface area (TPSA) is 41.6 Å². The number of amides is 1. The quantitative estimate of drug-likeness (QED) is 0.0979. The summed E-state index contributed by atoms with van der Waals surface area (Å²) >= 11 is 0. The number of aryl methyl sites for hydroxylation is 1. The van der Waals surface area contributed by atoms with Gasteiger partial charge in [-0.05, 0) is 191 Å². The first-order chi connectivity index (χ1) is 38.2. The lowest BCUT2D eigenvalue weighted by molar-refractivity contribution is -0.0709. The minimum atomic E-state index is -4.81. The van der Waals surface area contributed by atoms with Crippen molar-refractivity contribution in [3.63, 3.8) is 0 Å². The van der Waals surface area contributed by atoms with Crippen LogP contribution in [0.2, 0.25) is 0 Å². The lowest BCUT2D eigenvalue weighted by Gasteiger charge is -2.41. The maximum absolute atomic E-state index is 16.3. The molecule has 2 aliphatic heterocycles. The summed E-state index contributed by atoms with van der Waals surface area (Å²) in [5.74, 6) is 0.929. The number of benzene rings is 8. The molecule has 8 aromatic carbocycles. The lowest BCUT2D eigenvalue weighted by atomic mass is 9.74.